The molecule has 0 fully saturated rings. The predicted octanol–water partition coefficient (Wildman–Crippen LogP) is 18.0. The zero-order valence-electron chi connectivity index (χ0n) is 36.6. The van der Waals surface area contributed by atoms with Crippen LogP contribution in [0.3, 0.4) is 0 Å². The number of rotatable bonds is 6. The van der Waals surface area contributed by atoms with Crippen molar-refractivity contribution in [3.05, 3.63) is 224 Å². The summed E-state index contributed by atoms with van der Waals surface area (Å²) in [5.41, 5.74) is 21.5. The van der Waals surface area contributed by atoms with E-state index in [1.165, 1.54) is 105 Å². The van der Waals surface area contributed by atoms with Crippen LogP contribution in [-0.4, -0.2) is 4.57 Å². The average Bonchev–Trinajstić information content (AvgIpc) is 3.99. The van der Waals surface area contributed by atoms with Crippen molar-refractivity contribution in [2.45, 2.75) is 27.7 Å². The lowest BCUT2D eigenvalue weighted by atomic mass is 9.96. The van der Waals surface area contributed by atoms with Gasteiger partial charge in [-0.3, -0.25) is 0 Å². The molecule has 64 heavy (non-hydrogen) atoms. The molecular weight excluding hydrogens is 775 g/mol. The van der Waals surface area contributed by atoms with Gasteiger partial charge in [0.1, 0.15) is 11.2 Å². The summed E-state index contributed by atoms with van der Waals surface area (Å²) in [4.78, 5) is 0. The summed E-state index contributed by atoms with van der Waals surface area (Å²) in [5, 5.41) is 7.39. The van der Waals surface area contributed by atoms with Gasteiger partial charge in [-0.2, -0.15) is 0 Å². The van der Waals surface area contributed by atoms with Crippen molar-refractivity contribution in [1.29, 1.82) is 0 Å². The first-order valence-corrected chi connectivity index (χ1v) is 22.1. The number of aromatic nitrogens is 1. The third-order valence-electron chi connectivity index (χ3n) is 12.9. The topological polar surface area (TPSA) is 18.1 Å². The van der Waals surface area contributed by atoms with Gasteiger partial charge in [-0.25, -0.2) is 0 Å². The summed E-state index contributed by atoms with van der Waals surface area (Å²) in [6.45, 7) is 12.1. The number of allylic oxidation sites excluding steroid dienone is 5. The molecule has 12 rings (SSSR count). The van der Waals surface area contributed by atoms with Crippen LogP contribution in [0.1, 0.15) is 27.7 Å². The number of hydrogen-bond acceptors (Lipinski definition) is 1. The van der Waals surface area contributed by atoms with E-state index in [1.807, 2.05) is 19.9 Å². The second-order valence-corrected chi connectivity index (χ2v) is 17.2. The van der Waals surface area contributed by atoms with Crippen molar-refractivity contribution in [3.8, 4) is 61.3 Å². The third-order valence-corrected chi connectivity index (χ3v) is 12.9. The number of benzene rings is 9. The van der Waals surface area contributed by atoms with Crippen molar-refractivity contribution in [3.63, 3.8) is 0 Å². The molecular formula is C62H47NO. The monoisotopic (exact) mass is 821 g/mol. The van der Waals surface area contributed by atoms with Crippen LogP contribution in [0.15, 0.2) is 228 Å². The molecule has 0 unspecified atom stereocenters. The highest BCUT2D eigenvalue weighted by molar-refractivity contribution is 6.28. The van der Waals surface area contributed by atoms with Gasteiger partial charge in [-0.05, 0) is 148 Å². The Labute approximate surface area is 374 Å². The van der Waals surface area contributed by atoms with E-state index in [0.29, 0.717) is 0 Å². The fourth-order valence-electron chi connectivity index (χ4n) is 9.96. The largest absolute Gasteiger partial charge is 0.456 e. The molecule has 11 aromatic rings. The third kappa shape index (κ3) is 6.50. The summed E-state index contributed by atoms with van der Waals surface area (Å²) < 4.78 is 8.98. The lowest BCUT2D eigenvalue weighted by Crippen LogP contribution is -1.94. The van der Waals surface area contributed by atoms with Crippen LogP contribution >= 0.6 is 0 Å². The van der Waals surface area contributed by atoms with Crippen LogP contribution < -0.4 is 0 Å². The van der Waals surface area contributed by atoms with E-state index in [2.05, 4.69) is 219 Å². The van der Waals surface area contributed by atoms with Gasteiger partial charge in [0.05, 0.1) is 11.0 Å². The van der Waals surface area contributed by atoms with Gasteiger partial charge in [-0.15, -0.1) is 0 Å². The van der Waals surface area contributed by atoms with Crippen LogP contribution in [0.2, 0.25) is 0 Å². The van der Waals surface area contributed by atoms with Crippen molar-refractivity contribution in [1.82, 2.24) is 4.57 Å². The normalized spacial score (nSPS) is 11.8. The molecule has 306 valence electrons. The molecule has 2 nitrogen and oxygen atoms in total. The molecule has 0 saturated carbocycles. The molecule has 0 radical (unpaired) electrons. The summed E-state index contributed by atoms with van der Waals surface area (Å²) in [6, 6.07) is 68.4. The summed E-state index contributed by atoms with van der Waals surface area (Å²) >= 11 is 0. The Balaban J connectivity index is 0.000000411. The van der Waals surface area contributed by atoms with Crippen LogP contribution in [-0.2, 0) is 0 Å². The molecule has 2 heteroatoms. The van der Waals surface area contributed by atoms with Gasteiger partial charge in [-0.1, -0.05) is 169 Å². The Hall–Kier alpha value is -7.94. The van der Waals surface area contributed by atoms with Crippen LogP contribution in [0, 0.1) is 0 Å². The molecule has 9 aromatic carbocycles. The maximum absolute atomic E-state index is 6.58. The molecule has 1 aliphatic rings. The molecule has 0 aliphatic heterocycles. The second-order valence-electron chi connectivity index (χ2n) is 17.2. The van der Waals surface area contributed by atoms with Gasteiger partial charge in [0.25, 0.3) is 0 Å². The molecule has 0 N–H and O–H groups in total. The first-order chi connectivity index (χ1) is 31.4. The molecule has 0 spiro atoms. The van der Waals surface area contributed by atoms with E-state index in [9.17, 15) is 0 Å². The second kappa shape index (κ2) is 15.8. The van der Waals surface area contributed by atoms with E-state index >= 15 is 0 Å². The van der Waals surface area contributed by atoms with Gasteiger partial charge in [0.2, 0.25) is 0 Å². The van der Waals surface area contributed by atoms with E-state index in [4.69, 9.17) is 4.42 Å². The average molecular weight is 822 g/mol. The Bertz CT molecular complexity index is 3700. The van der Waals surface area contributed by atoms with Gasteiger partial charge < -0.3 is 8.98 Å². The van der Waals surface area contributed by atoms with Crippen LogP contribution in [0.4, 0.5) is 0 Å². The SMILES string of the molecule is C=C(C)C(/C=C\C)=C(C)C.c1ccc(-c2ccc(-c3cccc(-n4c5ccccc5c5cc(-c6ccc7oc8cc9c%10c(cccc%10c8c7c6)-c6ccccc6-9)ccc54)c3)cc2)cc1. The molecule has 0 atom stereocenters. The van der Waals surface area contributed by atoms with Crippen molar-refractivity contribution >= 4 is 54.5 Å². The fraction of sp³-hybridized carbons (Fsp3) is 0.0645. The minimum Gasteiger partial charge on any atom is -0.456 e. The Kier molecular flexibility index (Phi) is 9.59. The Morgan fingerprint density at radius 2 is 1.00 bits per heavy atom. The lowest BCUT2D eigenvalue weighted by Gasteiger charge is -2.11. The quantitative estimate of drug-likeness (QED) is 0.153. The van der Waals surface area contributed by atoms with E-state index < -0.39 is 0 Å². The predicted molar refractivity (Wildman–Crippen MR) is 274 cm³/mol. The highest BCUT2D eigenvalue weighted by atomic mass is 16.3. The smallest absolute Gasteiger partial charge is 0.136 e. The summed E-state index contributed by atoms with van der Waals surface area (Å²) in [6.07, 6.45) is 4.13. The van der Waals surface area contributed by atoms with Crippen LogP contribution in [0.5, 0.6) is 0 Å². The van der Waals surface area contributed by atoms with Crippen molar-refractivity contribution < 1.29 is 4.42 Å². The highest BCUT2D eigenvalue weighted by Gasteiger charge is 2.24. The number of hydrogen-bond donors (Lipinski definition) is 0. The molecule has 0 bridgehead atoms. The number of para-hydroxylation sites is 1. The van der Waals surface area contributed by atoms with Crippen molar-refractivity contribution in [2.75, 3.05) is 0 Å². The standard InChI is InChI=1S/C52H31NO.C10H16/c1-2-10-32(11-3-1)33-20-22-34(23-21-33)35-12-8-13-38(28-35)53-47-19-7-6-16-41(47)44-29-36(24-26-48(44)53)37-25-27-49-46(30-37)52-43-18-9-17-42-39-14-4-5-15-40(39)45(51(42)43)31-50(52)54-49;1-6-7-10(8(2)3)9(4)5/h1-31H;6-7H,2H2,1,3-5H3/b;7-6-. The first-order valence-electron chi connectivity index (χ1n) is 22.1. The first kappa shape index (κ1) is 38.9. The van der Waals surface area contributed by atoms with Crippen molar-refractivity contribution in [2.24, 2.45) is 0 Å². The lowest BCUT2D eigenvalue weighted by molar-refractivity contribution is 0.669. The number of furan rings is 1. The number of nitrogens with zero attached hydrogens (tertiary/aromatic N) is 1. The zero-order valence-corrected chi connectivity index (χ0v) is 36.6. The summed E-state index contributed by atoms with van der Waals surface area (Å²) in [7, 11) is 0. The molecule has 1 aliphatic carbocycles. The van der Waals surface area contributed by atoms with E-state index in [1.54, 1.807) is 0 Å². The minimum absolute atomic E-state index is 0.915. The van der Waals surface area contributed by atoms with Gasteiger partial charge in [0.15, 0.2) is 0 Å². The Morgan fingerprint density at radius 3 is 1.73 bits per heavy atom. The van der Waals surface area contributed by atoms with E-state index in [-0.39, 0.29) is 0 Å². The molecule has 0 saturated heterocycles. The molecule has 0 amide bonds. The zero-order chi connectivity index (χ0) is 43.5. The Morgan fingerprint density at radius 1 is 0.438 bits per heavy atom. The number of fused-ring (bicyclic) bond motifs is 10. The maximum Gasteiger partial charge on any atom is 0.136 e. The van der Waals surface area contributed by atoms with Crippen LogP contribution in [0.25, 0.3) is 116 Å². The van der Waals surface area contributed by atoms with E-state index in [0.717, 1.165) is 27.8 Å². The fourth-order valence-corrected chi connectivity index (χ4v) is 9.96. The minimum atomic E-state index is 0.915. The molecule has 2 aromatic heterocycles. The van der Waals surface area contributed by atoms with Gasteiger partial charge >= 0.3 is 0 Å². The highest BCUT2D eigenvalue weighted by Crippen LogP contribution is 2.51. The molecule has 2 heterocycles. The summed E-state index contributed by atoms with van der Waals surface area (Å²) in [5.74, 6) is 0. The van der Waals surface area contributed by atoms with Gasteiger partial charge in [0, 0.05) is 27.2 Å². The maximum atomic E-state index is 6.58.